The normalized spacial score (nSPS) is 54.0. The Bertz CT molecular complexity index is 1160. The van der Waals surface area contributed by atoms with Crippen LogP contribution in [-0.2, 0) is 14.3 Å². The van der Waals surface area contributed by atoms with Crippen LogP contribution in [0.1, 0.15) is 113 Å². The number of carbonyl (C=O) groups is 1. The van der Waals surface area contributed by atoms with Gasteiger partial charge in [0.2, 0.25) is 0 Å². The summed E-state index contributed by atoms with van der Waals surface area (Å²) >= 11 is 0. The van der Waals surface area contributed by atoms with Crippen LogP contribution in [0.2, 0.25) is 0 Å². The minimum absolute atomic E-state index is 0.00493. The van der Waals surface area contributed by atoms with Gasteiger partial charge in [0, 0.05) is 5.92 Å². The molecule has 1 heterocycles. The Kier molecular flexibility index (Phi) is 7.53. The molecule has 4 N–H and O–H groups in total. The molecule has 6 aliphatic rings. The highest BCUT2D eigenvalue weighted by atomic mass is 16.7. The molecule has 4 saturated carbocycles. The van der Waals surface area contributed by atoms with Crippen molar-refractivity contribution >= 4 is 5.78 Å². The Morgan fingerprint density at radius 1 is 0.860 bits per heavy atom. The largest absolute Gasteiger partial charge is 0.394 e. The summed E-state index contributed by atoms with van der Waals surface area (Å²) in [6.07, 6.45) is 5.07. The zero-order chi connectivity index (χ0) is 31.5. The first-order valence-electron chi connectivity index (χ1n) is 17.1. The second-order valence-corrected chi connectivity index (χ2v) is 18.0. The topological polar surface area (TPSA) is 116 Å². The second kappa shape index (κ2) is 10.1. The number of fused-ring (bicyclic) bond motifs is 7. The van der Waals surface area contributed by atoms with Crippen LogP contribution in [0.15, 0.2) is 11.6 Å². The summed E-state index contributed by atoms with van der Waals surface area (Å²) in [5.41, 5.74) is 1.43. The molecule has 0 radical (unpaired) electrons. The molecular formula is C36H58O7. The Labute approximate surface area is 258 Å². The first-order valence-corrected chi connectivity index (χ1v) is 17.1. The summed E-state index contributed by atoms with van der Waals surface area (Å²) in [6.45, 7) is 18.6. The van der Waals surface area contributed by atoms with E-state index in [1.807, 2.05) is 0 Å². The summed E-state index contributed by atoms with van der Waals surface area (Å²) in [6, 6.07) is 0. The monoisotopic (exact) mass is 602 g/mol. The van der Waals surface area contributed by atoms with Crippen LogP contribution in [-0.4, -0.2) is 69.6 Å². The molecule has 0 aromatic rings. The van der Waals surface area contributed by atoms with Gasteiger partial charge in [-0.2, -0.15) is 0 Å². The lowest BCUT2D eigenvalue weighted by molar-refractivity contribution is -0.329. The van der Waals surface area contributed by atoms with Crippen molar-refractivity contribution in [2.24, 2.45) is 50.2 Å². The molecule has 0 unspecified atom stereocenters. The van der Waals surface area contributed by atoms with Crippen molar-refractivity contribution in [1.82, 2.24) is 0 Å². The van der Waals surface area contributed by atoms with E-state index < -0.39 is 37.3 Å². The highest BCUT2D eigenvalue weighted by molar-refractivity contribution is 5.95. The Balaban J connectivity index is 1.31. The Morgan fingerprint density at radius 3 is 2.21 bits per heavy atom. The summed E-state index contributed by atoms with van der Waals surface area (Å²) < 4.78 is 12.2. The van der Waals surface area contributed by atoms with Gasteiger partial charge < -0.3 is 29.9 Å². The van der Waals surface area contributed by atoms with Gasteiger partial charge in [-0.05, 0) is 108 Å². The highest BCUT2D eigenvalue weighted by Gasteiger charge is 2.70. The average Bonchev–Trinajstić information content (AvgIpc) is 2.92. The van der Waals surface area contributed by atoms with E-state index in [9.17, 15) is 25.2 Å². The van der Waals surface area contributed by atoms with Crippen molar-refractivity contribution in [2.45, 2.75) is 150 Å². The minimum atomic E-state index is -1.46. The number of carbonyl (C=O) groups excluding carboxylic acids is 1. The van der Waals surface area contributed by atoms with Gasteiger partial charge in [-0.3, -0.25) is 4.79 Å². The number of aliphatic hydroxyl groups excluding tert-OH is 4. The van der Waals surface area contributed by atoms with Gasteiger partial charge in [-0.15, -0.1) is 0 Å². The Morgan fingerprint density at radius 2 is 1.53 bits per heavy atom. The molecule has 7 nitrogen and oxygen atoms in total. The second-order valence-electron chi connectivity index (χ2n) is 18.0. The van der Waals surface area contributed by atoms with Crippen molar-refractivity contribution in [2.75, 3.05) is 6.61 Å². The van der Waals surface area contributed by atoms with Gasteiger partial charge in [-0.1, -0.05) is 61.0 Å². The van der Waals surface area contributed by atoms with E-state index in [4.69, 9.17) is 9.47 Å². The third-order valence-corrected chi connectivity index (χ3v) is 14.9. The molecule has 1 saturated heterocycles. The van der Waals surface area contributed by atoms with E-state index >= 15 is 0 Å². The molecule has 13 atom stereocenters. The van der Waals surface area contributed by atoms with Gasteiger partial charge in [0.25, 0.3) is 0 Å². The van der Waals surface area contributed by atoms with E-state index in [1.54, 1.807) is 0 Å². The molecule has 0 bridgehead atoms. The standard InChI is InChI=1S/C36H58O7/c1-31(2)13-14-33(5)15-16-35(7)20(21(33)18-31)17-22(38)29-34(6)11-10-25(32(3,4)24(34)9-12-36(29,35)8)43-30-28(41)27(40)26(39)23(19-37)42-30/h17,21,23-30,37,39-41H,9-16,18-19H2,1-8H3/t21-,23+,24-,25-,26+,27-,28+,29+,30-,33+,34-,35+,36+/m0/s1. The molecule has 0 amide bonds. The molecule has 5 fully saturated rings. The average molecular weight is 603 g/mol. The van der Waals surface area contributed by atoms with Gasteiger partial charge in [0.15, 0.2) is 12.1 Å². The lowest BCUT2D eigenvalue weighted by Gasteiger charge is -2.70. The molecule has 244 valence electrons. The molecule has 0 aromatic carbocycles. The van der Waals surface area contributed by atoms with Crippen molar-refractivity contribution in [3.05, 3.63) is 11.6 Å². The van der Waals surface area contributed by atoms with E-state index in [1.165, 1.54) is 31.3 Å². The zero-order valence-electron chi connectivity index (χ0n) is 27.9. The molecule has 1 aliphatic heterocycles. The molecule has 6 rings (SSSR count). The molecule has 43 heavy (non-hydrogen) atoms. The van der Waals surface area contributed by atoms with Crippen molar-refractivity contribution < 1.29 is 34.7 Å². The van der Waals surface area contributed by atoms with E-state index in [-0.39, 0.29) is 45.0 Å². The summed E-state index contributed by atoms with van der Waals surface area (Å²) in [4.78, 5) is 14.6. The minimum Gasteiger partial charge on any atom is -0.394 e. The van der Waals surface area contributed by atoms with E-state index in [0.29, 0.717) is 23.5 Å². The fraction of sp³-hybridized carbons (Fsp3) is 0.917. The van der Waals surface area contributed by atoms with Crippen molar-refractivity contribution in [1.29, 1.82) is 0 Å². The maximum Gasteiger partial charge on any atom is 0.186 e. The van der Waals surface area contributed by atoms with Crippen LogP contribution in [0.3, 0.4) is 0 Å². The fourth-order valence-corrected chi connectivity index (χ4v) is 11.9. The number of hydrogen-bond donors (Lipinski definition) is 4. The number of ether oxygens (including phenoxy) is 2. The van der Waals surface area contributed by atoms with Gasteiger partial charge in [0.1, 0.15) is 24.4 Å². The fourth-order valence-electron chi connectivity index (χ4n) is 11.9. The number of allylic oxidation sites excluding steroid dienone is 2. The smallest absolute Gasteiger partial charge is 0.186 e. The number of aliphatic hydroxyl groups is 4. The molecule has 5 aliphatic carbocycles. The summed E-state index contributed by atoms with van der Waals surface area (Å²) in [5.74, 6) is 0.980. The van der Waals surface area contributed by atoms with E-state index in [0.717, 1.165) is 25.7 Å². The van der Waals surface area contributed by atoms with Crippen LogP contribution >= 0.6 is 0 Å². The number of rotatable bonds is 3. The van der Waals surface area contributed by atoms with Crippen LogP contribution in [0.25, 0.3) is 0 Å². The predicted octanol–water partition coefficient (Wildman–Crippen LogP) is 5.17. The van der Waals surface area contributed by atoms with Gasteiger partial charge in [0.05, 0.1) is 12.7 Å². The van der Waals surface area contributed by atoms with Crippen molar-refractivity contribution in [3.8, 4) is 0 Å². The number of hydrogen-bond acceptors (Lipinski definition) is 7. The first-order chi connectivity index (χ1) is 19.8. The predicted molar refractivity (Wildman–Crippen MR) is 164 cm³/mol. The van der Waals surface area contributed by atoms with Gasteiger partial charge >= 0.3 is 0 Å². The molecule has 7 heteroatoms. The quantitative estimate of drug-likeness (QED) is 0.329. The molecule has 0 spiro atoms. The zero-order valence-corrected chi connectivity index (χ0v) is 27.9. The molecular weight excluding hydrogens is 544 g/mol. The lowest BCUT2D eigenvalue weighted by Crippen LogP contribution is -2.67. The van der Waals surface area contributed by atoms with E-state index in [2.05, 4.69) is 61.5 Å². The molecule has 0 aromatic heterocycles. The summed E-state index contributed by atoms with van der Waals surface area (Å²) in [5, 5.41) is 41.0. The van der Waals surface area contributed by atoms with Crippen LogP contribution in [0, 0.1) is 50.2 Å². The lowest BCUT2D eigenvalue weighted by atomic mass is 9.33. The Hall–Kier alpha value is -0.830. The maximum absolute atomic E-state index is 14.6. The maximum atomic E-state index is 14.6. The third kappa shape index (κ3) is 4.45. The third-order valence-electron chi connectivity index (χ3n) is 14.9. The summed E-state index contributed by atoms with van der Waals surface area (Å²) in [7, 11) is 0. The number of ketones is 1. The van der Waals surface area contributed by atoms with Gasteiger partial charge in [-0.25, -0.2) is 0 Å². The first kappa shape index (κ1) is 32.1. The van der Waals surface area contributed by atoms with Crippen LogP contribution in [0.5, 0.6) is 0 Å². The van der Waals surface area contributed by atoms with Crippen molar-refractivity contribution in [3.63, 3.8) is 0 Å². The highest BCUT2D eigenvalue weighted by Crippen LogP contribution is 2.75. The van der Waals surface area contributed by atoms with Crippen LogP contribution < -0.4 is 0 Å². The SMILES string of the molecule is CC1(C)CC[C@]2(C)CC[C@]3(C)C(=CC(=O)[C@@H]4[C@@]5(C)CC[C@H](O[C@@H]6O[C@H](CO)[C@@H](O)[C@H](O)[C@H]6O)C(C)(C)[C@@H]5CC[C@]43C)[C@@H]2C1. The van der Waals surface area contributed by atoms with Crippen LogP contribution in [0.4, 0.5) is 0 Å².